The summed E-state index contributed by atoms with van der Waals surface area (Å²) in [4.78, 5) is 28.3. The van der Waals surface area contributed by atoms with Crippen molar-refractivity contribution in [3.63, 3.8) is 0 Å². The lowest BCUT2D eigenvalue weighted by atomic mass is 10.0. The smallest absolute Gasteiger partial charge is 0.227 e. The zero-order chi connectivity index (χ0) is 20.4. The molecule has 2 aromatic heterocycles. The van der Waals surface area contributed by atoms with Gasteiger partial charge in [-0.2, -0.15) is 0 Å². The predicted octanol–water partition coefficient (Wildman–Crippen LogP) is 3.26. The highest BCUT2D eigenvalue weighted by Gasteiger charge is 2.21. The van der Waals surface area contributed by atoms with Crippen LogP contribution in [0.2, 0.25) is 0 Å². The Balaban J connectivity index is 1.89. The van der Waals surface area contributed by atoms with Crippen LogP contribution in [-0.4, -0.2) is 57.8 Å². The van der Waals surface area contributed by atoms with E-state index in [1.54, 1.807) is 6.33 Å². The van der Waals surface area contributed by atoms with Crippen molar-refractivity contribution in [3.05, 3.63) is 52.2 Å². The van der Waals surface area contributed by atoms with Crippen molar-refractivity contribution in [1.29, 1.82) is 0 Å². The summed E-state index contributed by atoms with van der Waals surface area (Å²) in [5.74, 6) is 0.133. The number of benzene rings is 1. The van der Waals surface area contributed by atoms with Gasteiger partial charge in [-0.3, -0.25) is 4.79 Å². The van der Waals surface area contributed by atoms with Crippen molar-refractivity contribution >= 4 is 16.8 Å². The molecule has 28 heavy (non-hydrogen) atoms. The van der Waals surface area contributed by atoms with E-state index in [4.69, 9.17) is 0 Å². The van der Waals surface area contributed by atoms with E-state index in [1.807, 2.05) is 25.9 Å². The van der Waals surface area contributed by atoms with Crippen molar-refractivity contribution in [2.24, 2.45) is 0 Å². The minimum Gasteiger partial charge on any atom is -0.358 e. The molecule has 0 spiro atoms. The van der Waals surface area contributed by atoms with Gasteiger partial charge in [0.2, 0.25) is 5.91 Å². The molecule has 2 heterocycles. The van der Waals surface area contributed by atoms with Gasteiger partial charge < -0.3 is 19.8 Å². The van der Waals surface area contributed by atoms with E-state index in [1.165, 1.54) is 16.5 Å². The Hall–Kier alpha value is -2.60. The molecule has 6 nitrogen and oxygen atoms in total. The van der Waals surface area contributed by atoms with Gasteiger partial charge in [0.1, 0.15) is 0 Å². The van der Waals surface area contributed by atoms with E-state index in [0.717, 1.165) is 34.7 Å². The summed E-state index contributed by atoms with van der Waals surface area (Å²) in [6, 6.07) is 4.26. The van der Waals surface area contributed by atoms with Gasteiger partial charge in [0.05, 0.1) is 25.0 Å². The van der Waals surface area contributed by atoms with Crippen LogP contribution in [0.4, 0.5) is 0 Å². The summed E-state index contributed by atoms with van der Waals surface area (Å²) in [6.07, 6.45) is 2.09. The van der Waals surface area contributed by atoms with Crippen LogP contribution in [0, 0.1) is 27.7 Å². The molecule has 0 aliphatic rings. The molecule has 0 radical (unpaired) electrons. The van der Waals surface area contributed by atoms with Crippen molar-refractivity contribution in [2.45, 2.75) is 40.7 Å². The number of nitrogens with one attached hydrogen (secondary N) is 2. The van der Waals surface area contributed by atoms with E-state index in [2.05, 4.69) is 52.8 Å². The number of hydrogen-bond donors (Lipinski definition) is 2. The van der Waals surface area contributed by atoms with Gasteiger partial charge in [0.25, 0.3) is 0 Å². The summed E-state index contributed by atoms with van der Waals surface area (Å²) < 4.78 is 0. The first kappa shape index (κ1) is 20.1. The van der Waals surface area contributed by atoms with Crippen molar-refractivity contribution in [3.8, 4) is 0 Å². The number of aryl methyl sites for hydroxylation is 4. The molecular formula is C22H31N5O. The van der Waals surface area contributed by atoms with E-state index in [0.29, 0.717) is 19.5 Å². The number of nitrogens with zero attached hydrogens (tertiary/aromatic N) is 3. The number of likely N-dealkylation sites (N-methyl/N-ethyl adjacent to an activating group) is 1. The Kier molecular flexibility index (Phi) is 5.89. The summed E-state index contributed by atoms with van der Waals surface area (Å²) in [7, 11) is 4.05. The molecule has 0 aliphatic heterocycles. The van der Waals surface area contributed by atoms with E-state index in [9.17, 15) is 4.79 Å². The average Bonchev–Trinajstić information content (AvgIpc) is 3.19. The SMILES string of the molecule is Cc1[nH]cnc1CN(CCN(C)C)C(=O)Cc1c(C)[nH]c2c(C)ccc(C)c12. The molecule has 0 bridgehead atoms. The van der Waals surface area contributed by atoms with Crippen molar-refractivity contribution in [2.75, 3.05) is 27.2 Å². The number of amides is 1. The highest BCUT2D eigenvalue weighted by molar-refractivity contribution is 5.93. The second-order valence-corrected chi connectivity index (χ2v) is 7.95. The Morgan fingerprint density at radius 2 is 1.75 bits per heavy atom. The Bertz CT molecular complexity index is 982. The fourth-order valence-corrected chi connectivity index (χ4v) is 3.64. The second-order valence-electron chi connectivity index (χ2n) is 7.95. The Morgan fingerprint density at radius 1 is 1.04 bits per heavy atom. The summed E-state index contributed by atoms with van der Waals surface area (Å²) in [5, 5.41) is 1.19. The second kappa shape index (κ2) is 8.19. The van der Waals surface area contributed by atoms with Crippen molar-refractivity contribution < 1.29 is 4.79 Å². The number of imidazole rings is 1. The van der Waals surface area contributed by atoms with Gasteiger partial charge in [-0.15, -0.1) is 0 Å². The Labute approximate surface area is 167 Å². The van der Waals surface area contributed by atoms with Crippen LogP contribution in [-0.2, 0) is 17.8 Å². The van der Waals surface area contributed by atoms with E-state index in [-0.39, 0.29) is 5.91 Å². The molecule has 0 saturated carbocycles. The monoisotopic (exact) mass is 381 g/mol. The van der Waals surface area contributed by atoms with Crippen LogP contribution in [0.15, 0.2) is 18.5 Å². The maximum absolute atomic E-state index is 13.3. The average molecular weight is 382 g/mol. The summed E-state index contributed by atoms with van der Waals surface area (Å²) in [5.41, 5.74) is 7.67. The third kappa shape index (κ3) is 4.12. The summed E-state index contributed by atoms with van der Waals surface area (Å²) in [6.45, 7) is 10.3. The third-order valence-electron chi connectivity index (χ3n) is 5.46. The van der Waals surface area contributed by atoms with Crippen LogP contribution < -0.4 is 0 Å². The zero-order valence-corrected chi connectivity index (χ0v) is 17.8. The fourth-order valence-electron chi connectivity index (χ4n) is 3.64. The number of carbonyl (C=O) groups is 1. The lowest BCUT2D eigenvalue weighted by Crippen LogP contribution is -2.37. The number of H-pyrrole nitrogens is 2. The minimum atomic E-state index is 0.133. The molecule has 0 atom stereocenters. The molecule has 0 aliphatic carbocycles. The molecule has 1 aromatic carbocycles. The number of carbonyl (C=O) groups excluding carboxylic acids is 1. The molecule has 2 N–H and O–H groups in total. The van der Waals surface area contributed by atoms with Crippen LogP contribution in [0.25, 0.3) is 10.9 Å². The number of fused-ring (bicyclic) bond motifs is 1. The normalized spacial score (nSPS) is 11.5. The lowest BCUT2D eigenvalue weighted by Gasteiger charge is -2.24. The third-order valence-corrected chi connectivity index (χ3v) is 5.46. The van der Waals surface area contributed by atoms with Gasteiger partial charge in [0, 0.05) is 35.4 Å². The largest absolute Gasteiger partial charge is 0.358 e. The van der Waals surface area contributed by atoms with E-state index < -0.39 is 0 Å². The highest BCUT2D eigenvalue weighted by atomic mass is 16.2. The van der Waals surface area contributed by atoms with Crippen LogP contribution in [0.3, 0.4) is 0 Å². The molecular weight excluding hydrogens is 350 g/mol. The predicted molar refractivity (Wildman–Crippen MR) is 114 cm³/mol. The molecule has 6 heteroatoms. The quantitative estimate of drug-likeness (QED) is 0.660. The fraction of sp³-hybridized carbons (Fsp3) is 0.455. The lowest BCUT2D eigenvalue weighted by molar-refractivity contribution is -0.131. The van der Waals surface area contributed by atoms with Crippen molar-refractivity contribution in [1.82, 2.24) is 24.8 Å². The van der Waals surface area contributed by atoms with Crippen LogP contribution in [0.5, 0.6) is 0 Å². The van der Waals surface area contributed by atoms with Crippen LogP contribution >= 0.6 is 0 Å². The van der Waals surface area contributed by atoms with Gasteiger partial charge in [-0.25, -0.2) is 4.98 Å². The molecule has 0 fully saturated rings. The first-order valence-electron chi connectivity index (χ1n) is 9.76. The standard InChI is InChI=1S/C22H31N5O/c1-14-7-8-15(2)22-21(14)18(16(3)25-22)11-20(28)27(10-9-26(5)6)12-19-17(4)23-13-24-19/h7-8,13,25H,9-12H2,1-6H3,(H,23,24). The first-order valence-corrected chi connectivity index (χ1v) is 9.76. The van der Waals surface area contributed by atoms with Gasteiger partial charge in [-0.1, -0.05) is 12.1 Å². The van der Waals surface area contributed by atoms with E-state index >= 15 is 0 Å². The Morgan fingerprint density at radius 3 is 2.39 bits per heavy atom. The molecule has 3 aromatic rings. The number of hydrogen-bond acceptors (Lipinski definition) is 3. The molecule has 3 rings (SSSR count). The van der Waals surface area contributed by atoms with Gasteiger partial charge >= 0.3 is 0 Å². The maximum atomic E-state index is 13.3. The number of rotatable bonds is 7. The zero-order valence-electron chi connectivity index (χ0n) is 17.8. The molecule has 150 valence electrons. The minimum absolute atomic E-state index is 0.133. The number of aromatic nitrogens is 3. The molecule has 1 amide bonds. The highest BCUT2D eigenvalue weighted by Crippen LogP contribution is 2.28. The van der Waals surface area contributed by atoms with Gasteiger partial charge in [-0.05, 0) is 58.5 Å². The maximum Gasteiger partial charge on any atom is 0.227 e. The first-order chi connectivity index (χ1) is 13.3. The molecule has 0 saturated heterocycles. The summed E-state index contributed by atoms with van der Waals surface area (Å²) >= 11 is 0. The van der Waals surface area contributed by atoms with Gasteiger partial charge in [0.15, 0.2) is 0 Å². The molecule has 0 unspecified atom stereocenters. The topological polar surface area (TPSA) is 68.0 Å². The van der Waals surface area contributed by atoms with Crippen LogP contribution in [0.1, 0.15) is 33.8 Å². The number of aromatic amines is 2.